The van der Waals surface area contributed by atoms with Crippen molar-refractivity contribution in [3.8, 4) is 5.75 Å². The lowest BCUT2D eigenvalue weighted by Gasteiger charge is -2.24. The van der Waals surface area contributed by atoms with E-state index in [2.05, 4.69) is 27.6 Å². The number of rotatable bonds is 8. The molecule has 3 rings (SSSR count). The third-order valence-corrected chi connectivity index (χ3v) is 5.35. The molecular weight excluding hydrogens is 519 g/mol. The van der Waals surface area contributed by atoms with Gasteiger partial charge in [-0.1, -0.05) is 49.0 Å². The van der Waals surface area contributed by atoms with E-state index < -0.39 is 23.2 Å². The van der Waals surface area contributed by atoms with Crippen molar-refractivity contribution in [2.45, 2.75) is 39.1 Å². The lowest BCUT2D eigenvalue weighted by molar-refractivity contribution is -0.137. The van der Waals surface area contributed by atoms with Crippen LogP contribution < -0.4 is 26.6 Å². The Kier molecular flexibility index (Phi) is 9.73. The van der Waals surface area contributed by atoms with E-state index in [0.717, 1.165) is 35.4 Å². The molecule has 0 bridgehead atoms. The van der Waals surface area contributed by atoms with Crippen LogP contribution in [0, 0.1) is 0 Å². The molecule has 0 saturated carbocycles. The van der Waals surface area contributed by atoms with Gasteiger partial charge in [0.15, 0.2) is 0 Å². The van der Waals surface area contributed by atoms with Crippen molar-refractivity contribution < 1.29 is 22.7 Å². The molecule has 7 nitrogen and oxygen atoms in total. The number of hydrazine groups is 1. The van der Waals surface area contributed by atoms with Crippen molar-refractivity contribution in [1.29, 1.82) is 0 Å². The maximum atomic E-state index is 12.9. The molecule has 5 N–H and O–H groups in total. The number of carbonyl (C=O) groups excluding carboxylic acids is 1. The second kappa shape index (κ2) is 13.0. The van der Waals surface area contributed by atoms with Gasteiger partial charge >= 0.3 is 6.18 Å². The molecule has 3 aromatic carbocycles. The predicted molar refractivity (Wildman–Crippen MR) is 151 cm³/mol. The zero-order valence-corrected chi connectivity index (χ0v) is 22.5. The van der Waals surface area contributed by atoms with Gasteiger partial charge in [-0.3, -0.25) is 4.79 Å². The van der Waals surface area contributed by atoms with Gasteiger partial charge in [0.25, 0.3) is 5.91 Å². The molecule has 3 aromatic rings. The second-order valence-corrected chi connectivity index (χ2v) is 9.87. The van der Waals surface area contributed by atoms with E-state index in [0.29, 0.717) is 17.9 Å². The fourth-order valence-electron chi connectivity index (χ4n) is 3.44. The third-order valence-electron chi connectivity index (χ3n) is 5.35. The number of amides is 1. The zero-order valence-electron chi connectivity index (χ0n) is 22.5. The van der Waals surface area contributed by atoms with Gasteiger partial charge in [-0.2, -0.15) is 18.2 Å². The van der Waals surface area contributed by atoms with Crippen molar-refractivity contribution in [3.63, 3.8) is 0 Å². The quantitative estimate of drug-likeness (QED) is 0.0932. The highest BCUT2D eigenvalue weighted by Gasteiger charge is 2.30. The van der Waals surface area contributed by atoms with Crippen LogP contribution in [0.3, 0.4) is 0 Å². The average molecular weight is 552 g/mol. The monoisotopic (exact) mass is 551 g/mol. The molecule has 0 aliphatic carbocycles. The first-order valence-electron chi connectivity index (χ1n) is 12.3. The Morgan fingerprint density at radius 1 is 0.975 bits per heavy atom. The first-order valence-corrected chi connectivity index (χ1v) is 12.3. The summed E-state index contributed by atoms with van der Waals surface area (Å²) in [5, 5.41) is 5.99. The number of ether oxygens (including phenoxy) is 1. The van der Waals surface area contributed by atoms with E-state index in [9.17, 15) is 18.0 Å². The zero-order chi connectivity index (χ0) is 29.3. The number of nitrogens with zero attached hydrogens (tertiary/aromatic N) is 1. The molecule has 0 atom stereocenters. The Morgan fingerprint density at radius 3 is 2.25 bits per heavy atom. The third kappa shape index (κ3) is 9.32. The number of nitrogens with one attached hydrogen (secondary N) is 3. The van der Waals surface area contributed by atoms with Crippen molar-refractivity contribution in [1.82, 2.24) is 16.1 Å². The van der Waals surface area contributed by atoms with Gasteiger partial charge in [0.05, 0.1) is 5.56 Å². The summed E-state index contributed by atoms with van der Waals surface area (Å²) in [5.41, 5.74) is 3.51. The van der Waals surface area contributed by atoms with E-state index in [1.54, 1.807) is 6.08 Å². The van der Waals surface area contributed by atoms with E-state index in [-0.39, 0.29) is 17.3 Å². The molecule has 0 aromatic heterocycles. The Hall–Kier alpha value is -4.57. The van der Waals surface area contributed by atoms with Gasteiger partial charge in [-0.05, 0) is 79.9 Å². The van der Waals surface area contributed by atoms with Crippen LogP contribution in [0.4, 0.5) is 13.2 Å². The summed E-state index contributed by atoms with van der Waals surface area (Å²) in [6.07, 6.45) is -2.88. The first kappa shape index (κ1) is 30.0. The van der Waals surface area contributed by atoms with Crippen LogP contribution in [-0.2, 0) is 12.8 Å². The Morgan fingerprint density at radius 2 is 1.65 bits per heavy atom. The molecule has 0 fully saturated rings. The molecule has 0 unspecified atom stereocenters. The number of aliphatic imine (C=N–C) groups is 1. The summed E-state index contributed by atoms with van der Waals surface area (Å²) < 4.78 is 44.6. The molecule has 210 valence electrons. The number of allylic oxidation sites excluding steroid dienone is 2. The first-order chi connectivity index (χ1) is 18.8. The van der Waals surface area contributed by atoms with Gasteiger partial charge in [0.2, 0.25) is 5.96 Å². The summed E-state index contributed by atoms with van der Waals surface area (Å²) in [4.78, 5) is 16.8. The molecule has 40 heavy (non-hydrogen) atoms. The Labute approximate surface area is 231 Å². The van der Waals surface area contributed by atoms with Gasteiger partial charge in [0, 0.05) is 11.1 Å². The van der Waals surface area contributed by atoms with E-state index in [1.165, 1.54) is 0 Å². The molecule has 0 aliphatic heterocycles. The maximum Gasteiger partial charge on any atom is 0.416 e. The highest BCUT2D eigenvalue weighted by Crippen LogP contribution is 2.29. The number of guanidine groups is 1. The van der Waals surface area contributed by atoms with E-state index in [1.807, 2.05) is 75.4 Å². The second-order valence-electron chi connectivity index (χ2n) is 9.87. The number of hydrogen-bond donors (Lipinski definition) is 4. The number of nitrogens with two attached hydrogens (primary N) is 1. The van der Waals surface area contributed by atoms with Crippen LogP contribution in [0.2, 0.25) is 0 Å². The van der Waals surface area contributed by atoms with Crippen molar-refractivity contribution in [3.05, 3.63) is 120 Å². The minimum Gasteiger partial charge on any atom is -0.489 e. The molecule has 0 aliphatic rings. The molecule has 10 heteroatoms. The number of carbonyl (C=O) groups is 1. The number of hydrogen-bond acceptors (Lipinski definition) is 4. The van der Waals surface area contributed by atoms with Crippen LogP contribution in [0.25, 0.3) is 5.57 Å². The van der Waals surface area contributed by atoms with Crippen LogP contribution in [0.15, 0.2) is 102 Å². The minimum absolute atomic E-state index is 0.00836. The standard InChI is InChI=1S/C30H32F3N5O2/c1-20(23-11-8-12-25(18-23)40-19-21-9-6-5-7-10-21)17-26(38-34)35-28(37-29(2,3)4)36-27(39)22-13-15-24(16-14-22)30(31,32)33/h5-18,38H,1,19,34H2,2-4H3,(H2,35,36,37,39)/b26-17-. The molecule has 0 heterocycles. The normalized spacial score (nSPS) is 12.5. The smallest absolute Gasteiger partial charge is 0.416 e. The van der Waals surface area contributed by atoms with Gasteiger partial charge in [0.1, 0.15) is 18.2 Å². The highest BCUT2D eigenvalue weighted by atomic mass is 19.4. The molecule has 0 radical (unpaired) electrons. The summed E-state index contributed by atoms with van der Waals surface area (Å²) in [7, 11) is 0. The summed E-state index contributed by atoms with van der Waals surface area (Å²) in [6, 6.07) is 21.0. The highest BCUT2D eigenvalue weighted by molar-refractivity contribution is 6.03. The Bertz CT molecular complexity index is 1380. The largest absolute Gasteiger partial charge is 0.489 e. The lowest BCUT2D eigenvalue weighted by Crippen LogP contribution is -2.49. The Balaban J connectivity index is 1.78. The van der Waals surface area contributed by atoms with Crippen molar-refractivity contribution in [2.75, 3.05) is 0 Å². The summed E-state index contributed by atoms with van der Waals surface area (Å²) in [6.45, 7) is 10.1. The SMILES string of the molecule is C=C(/C=C(\NN)N/C(=N\C(=O)c1ccc(C(F)(F)F)cc1)NC(C)(C)C)c1cccc(OCc2ccccc2)c1. The summed E-state index contributed by atoms with van der Waals surface area (Å²) in [5.74, 6) is 5.94. The molecule has 0 saturated heterocycles. The van der Waals surface area contributed by atoms with Gasteiger partial charge < -0.3 is 20.8 Å². The number of benzene rings is 3. The van der Waals surface area contributed by atoms with E-state index in [4.69, 9.17) is 10.6 Å². The fourth-order valence-corrected chi connectivity index (χ4v) is 3.44. The topological polar surface area (TPSA) is 101 Å². The molecular formula is C30H32F3N5O2. The van der Waals surface area contributed by atoms with Crippen LogP contribution in [-0.4, -0.2) is 17.4 Å². The maximum absolute atomic E-state index is 12.9. The summed E-state index contributed by atoms with van der Waals surface area (Å²) >= 11 is 0. The van der Waals surface area contributed by atoms with Crippen LogP contribution in [0.5, 0.6) is 5.75 Å². The lowest BCUT2D eigenvalue weighted by atomic mass is 10.1. The van der Waals surface area contributed by atoms with E-state index >= 15 is 0 Å². The van der Waals surface area contributed by atoms with Crippen molar-refractivity contribution >= 4 is 17.4 Å². The fraction of sp³-hybridized carbons (Fsp3) is 0.200. The molecule has 0 spiro atoms. The van der Waals surface area contributed by atoms with Crippen LogP contribution >= 0.6 is 0 Å². The van der Waals surface area contributed by atoms with Gasteiger partial charge in [-0.25, -0.2) is 5.84 Å². The predicted octanol–water partition coefficient (Wildman–Crippen LogP) is 5.78. The number of halogens is 3. The van der Waals surface area contributed by atoms with Crippen molar-refractivity contribution in [2.24, 2.45) is 10.8 Å². The van der Waals surface area contributed by atoms with Crippen LogP contribution in [0.1, 0.15) is 47.8 Å². The van der Waals surface area contributed by atoms with Gasteiger partial charge in [-0.15, -0.1) is 0 Å². The molecule has 1 amide bonds. The minimum atomic E-state index is -4.51. The number of alkyl halides is 3. The average Bonchev–Trinajstić information content (AvgIpc) is 2.90.